The quantitative estimate of drug-likeness (QED) is 0.825. The Morgan fingerprint density at radius 1 is 1.44 bits per heavy atom. The molecular weight excluding hydrogens is 256 g/mol. The normalized spacial score (nSPS) is 12.3. The van der Waals surface area contributed by atoms with Crippen LogP contribution in [0.5, 0.6) is 0 Å². The second-order valence-electron chi connectivity index (χ2n) is 4.31. The van der Waals surface area contributed by atoms with Crippen LogP contribution in [-0.4, -0.2) is 22.0 Å². The van der Waals surface area contributed by atoms with Gasteiger partial charge < -0.3 is 10.4 Å². The van der Waals surface area contributed by atoms with Crippen molar-refractivity contribution in [2.45, 2.75) is 26.8 Å². The number of aromatic nitrogens is 1. The average molecular weight is 271 g/mol. The molecule has 0 saturated carbocycles. The number of Topliss-reactive ketones (excluding diaryl/α,β-unsaturated/α-hetero) is 1. The van der Waals surface area contributed by atoms with Crippen LogP contribution in [0.4, 0.5) is 4.79 Å². The fraction of sp³-hybridized carbons (Fsp3) is 0.417. The monoisotopic (exact) mass is 270 g/mol. The lowest BCUT2D eigenvalue weighted by atomic mass is 9.95. The number of hydrogen-bond acceptors (Lipinski definition) is 3. The van der Waals surface area contributed by atoms with Crippen molar-refractivity contribution in [1.29, 1.82) is 0 Å². The van der Waals surface area contributed by atoms with Crippen molar-refractivity contribution < 1.29 is 14.7 Å². The van der Waals surface area contributed by atoms with Gasteiger partial charge in [-0.3, -0.25) is 9.78 Å². The highest BCUT2D eigenvalue weighted by atomic mass is 35.5. The van der Waals surface area contributed by atoms with Crippen LogP contribution in [-0.2, 0) is 0 Å². The SMILES string of the molecule is CC(=O)c1cc(Cl)cnc1[C@@H](NC(=O)O)C(C)C. The third-order valence-corrected chi connectivity index (χ3v) is 2.71. The van der Waals surface area contributed by atoms with E-state index in [0.29, 0.717) is 16.3 Å². The van der Waals surface area contributed by atoms with Gasteiger partial charge in [0, 0.05) is 11.8 Å². The molecule has 98 valence electrons. The molecule has 0 aliphatic carbocycles. The number of carbonyl (C=O) groups excluding carboxylic acids is 1. The molecule has 18 heavy (non-hydrogen) atoms. The highest BCUT2D eigenvalue weighted by molar-refractivity contribution is 6.30. The Morgan fingerprint density at radius 2 is 2.06 bits per heavy atom. The average Bonchev–Trinajstić information content (AvgIpc) is 2.25. The van der Waals surface area contributed by atoms with Gasteiger partial charge in [-0.2, -0.15) is 0 Å². The Balaban J connectivity index is 3.27. The molecule has 1 aromatic heterocycles. The molecule has 0 aliphatic heterocycles. The fourth-order valence-corrected chi connectivity index (χ4v) is 1.82. The summed E-state index contributed by atoms with van der Waals surface area (Å²) in [5, 5.41) is 11.5. The largest absolute Gasteiger partial charge is 0.465 e. The summed E-state index contributed by atoms with van der Waals surface area (Å²) >= 11 is 5.80. The van der Waals surface area contributed by atoms with Crippen molar-refractivity contribution in [3.05, 3.63) is 28.5 Å². The van der Waals surface area contributed by atoms with Gasteiger partial charge in [-0.05, 0) is 18.9 Å². The third-order valence-electron chi connectivity index (χ3n) is 2.50. The van der Waals surface area contributed by atoms with E-state index in [9.17, 15) is 9.59 Å². The van der Waals surface area contributed by atoms with E-state index in [1.54, 1.807) is 0 Å². The summed E-state index contributed by atoms with van der Waals surface area (Å²) in [6.07, 6.45) is 0.252. The van der Waals surface area contributed by atoms with Crippen LogP contribution >= 0.6 is 11.6 Å². The van der Waals surface area contributed by atoms with Gasteiger partial charge in [0.25, 0.3) is 0 Å². The number of nitrogens with one attached hydrogen (secondary N) is 1. The molecule has 1 rings (SSSR count). The molecule has 1 amide bonds. The minimum atomic E-state index is -1.15. The molecule has 1 heterocycles. The van der Waals surface area contributed by atoms with Crippen LogP contribution in [0.1, 0.15) is 42.9 Å². The number of amides is 1. The molecule has 0 aliphatic rings. The topological polar surface area (TPSA) is 79.3 Å². The van der Waals surface area contributed by atoms with Crippen LogP contribution in [0.2, 0.25) is 5.02 Å². The van der Waals surface area contributed by atoms with E-state index in [4.69, 9.17) is 16.7 Å². The number of carbonyl (C=O) groups is 2. The summed E-state index contributed by atoms with van der Waals surface area (Å²) in [5.74, 6) is -0.231. The summed E-state index contributed by atoms with van der Waals surface area (Å²) in [7, 11) is 0. The van der Waals surface area contributed by atoms with Gasteiger partial charge in [0.05, 0.1) is 16.8 Å². The van der Waals surface area contributed by atoms with Gasteiger partial charge in [0.15, 0.2) is 5.78 Å². The summed E-state index contributed by atoms with van der Waals surface area (Å²) in [4.78, 5) is 26.4. The van der Waals surface area contributed by atoms with Crippen LogP contribution in [0.25, 0.3) is 0 Å². The maximum Gasteiger partial charge on any atom is 0.405 e. The van der Waals surface area contributed by atoms with Gasteiger partial charge in [0.1, 0.15) is 0 Å². The fourth-order valence-electron chi connectivity index (χ4n) is 1.66. The molecule has 0 fully saturated rings. The van der Waals surface area contributed by atoms with E-state index in [0.717, 1.165) is 0 Å². The van der Waals surface area contributed by atoms with E-state index in [1.807, 2.05) is 13.8 Å². The maximum absolute atomic E-state index is 11.6. The van der Waals surface area contributed by atoms with Gasteiger partial charge in [0.2, 0.25) is 0 Å². The van der Waals surface area contributed by atoms with Gasteiger partial charge >= 0.3 is 6.09 Å². The van der Waals surface area contributed by atoms with Gasteiger partial charge in [-0.1, -0.05) is 25.4 Å². The minimum absolute atomic E-state index is 0.0344. The Bertz CT molecular complexity index is 474. The summed E-state index contributed by atoms with van der Waals surface area (Å²) in [5.41, 5.74) is 0.749. The molecule has 0 aromatic carbocycles. The Kier molecular flexibility index (Phi) is 4.67. The van der Waals surface area contributed by atoms with E-state index in [-0.39, 0.29) is 11.7 Å². The van der Waals surface area contributed by atoms with Gasteiger partial charge in [-0.25, -0.2) is 4.79 Å². The lowest BCUT2D eigenvalue weighted by molar-refractivity contribution is 0.101. The molecule has 0 unspecified atom stereocenters. The number of hydrogen-bond donors (Lipinski definition) is 2. The number of carboxylic acid groups (broad SMARTS) is 1. The minimum Gasteiger partial charge on any atom is -0.465 e. The molecule has 0 spiro atoms. The summed E-state index contributed by atoms with van der Waals surface area (Å²) in [6, 6.07) is 0.962. The van der Waals surface area contributed by atoms with E-state index < -0.39 is 12.1 Å². The predicted molar refractivity (Wildman–Crippen MR) is 68.0 cm³/mol. The summed E-state index contributed by atoms with van der Waals surface area (Å²) in [6.45, 7) is 5.09. The second-order valence-corrected chi connectivity index (χ2v) is 4.75. The number of nitrogens with zero attached hydrogens (tertiary/aromatic N) is 1. The number of halogens is 1. The second kappa shape index (κ2) is 5.82. The van der Waals surface area contributed by atoms with Crippen molar-refractivity contribution in [2.24, 2.45) is 5.92 Å². The smallest absolute Gasteiger partial charge is 0.405 e. The first-order valence-corrected chi connectivity index (χ1v) is 5.86. The van der Waals surface area contributed by atoms with Crippen molar-refractivity contribution in [2.75, 3.05) is 0 Å². The van der Waals surface area contributed by atoms with Crippen molar-refractivity contribution in [3.63, 3.8) is 0 Å². The van der Waals surface area contributed by atoms with E-state index >= 15 is 0 Å². The molecule has 1 atom stereocenters. The maximum atomic E-state index is 11.6. The molecule has 5 nitrogen and oxygen atoms in total. The Hall–Kier alpha value is -1.62. The molecular formula is C12H15ClN2O3. The molecule has 0 radical (unpaired) electrons. The first-order valence-electron chi connectivity index (χ1n) is 5.48. The number of pyridine rings is 1. The zero-order valence-corrected chi connectivity index (χ0v) is 11.2. The predicted octanol–water partition coefficient (Wildman–Crippen LogP) is 2.90. The lowest BCUT2D eigenvalue weighted by Crippen LogP contribution is -2.32. The molecule has 6 heteroatoms. The van der Waals surface area contributed by atoms with Crippen molar-refractivity contribution >= 4 is 23.5 Å². The molecule has 2 N–H and O–H groups in total. The Labute approximate surface area is 110 Å². The first kappa shape index (κ1) is 14.4. The standard InChI is InChI=1S/C12H15ClN2O3/c1-6(2)10(15-12(17)18)11-9(7(3)16)4-8(13)5-14-11/h4-6,10,15H,1-3H3,(H,17,18)/t10-/m0/s1. The Morgan fingerprint density at radius 3 is 2.50 bits per heavy atom. The van der Waals surface area contributed by atoms with E-state index in [1.165, 1.54) is 19.2 Å². The molecule has 0 bridgehead atoms. The van der Waals surface area contributed by atoms with Crippen LogP contribution in [0.3, 0.4) is 0 Å². The highest BCUT2D eigenvalue weighted by Gasteiger charge is 2.24. The van der Waals surface area contributed by atoms with Crippen LogP contribution in [0.15, 0.2) is 12.3 Å². The van der Waals surface area contributed by atoms with Crippen molar-refractivity contribution in [1.82, 2.24) is 10.3 Å². The van der Waals surface area contributed by atoms with Crippen LogP contribution in [0, 0.1) is 5.92 Å². The molecule has 0 saturated heterocycles. The van der Waals surface area contributed by atoms with Gasteiger partial charge in [-0.15, -0.1) is 0 Å². The number of ketones is 1. The summed E-state index contributed by atoms with van der Waals surface area (Å²) < 4.78 is 0. The van der Waals surface area contributed by atoms with E-state index in [2.05, 4.69) is 10.3 Å². The zero-order valence-electron chi connectivity index (χ0n) is 10.4. The zero-order chi connectivity index (χ0) is 13.9. The van der Waals surface area contributed by atoms with Crippen molar-refractivity contribution in [3.8, 4) is 0 Å². The number of rotatable bonds is 4. The first-order chi connectivity index (χ1) is 8.32. The third kappa shape index (κ3) is 3.43. The highest BCUT2D eigenvalue weighted by Crippen LogP contribution is 2.25. The lowest BCUT2D eigenvalue weighted by Gasteiger charge is -2.22. The van der Waals surface area contributed by atoms with Crippen LogP contribution < -0.4 is 5.32 Å². The molecule has 1 aromatic rings.